The predicted molar refractivity (Wildman–Crippen MR) is 69.0 cm³/mol. The number of anilines is 1. The lowest BCUT2D eigenvalue weighted by molar-refractivity contribution is 0.631. The molecule has 0 aliphatic rings. The molecule has 0 saturated heterocycles. The summed E-state index contributed by atoms with van der Waals surface area (Å²) >= 11 is 0. The summed E-state index contributed by atoms with van der Waals surface area (Å²) in [6.07, 6.45) is 0. The van der Waals surface area contributed by atoms with Crippen LogP contribution in [-0.4, -0.2) is 23.6 Å². The fraction of sp³-hybridized carbons (Fsp3) is 0.692. The average molecular weight is 221 g/mol. The van der Waals surface area contributed by atoms with Gasteiger partial charge in [-0.05, 0) is 12.8 Å². The summed E-state index contributed by atoms with van der Waals surface area (Å²) in [5, 5.41) is 0. The van der Waals surface area contributed by atoms with Gasteiger partial charge in [-0.25, -0.2) is 9.97 Å². The van der Waals surface area contributed by atoms with Crippen LogP contribution in [0.2, 0.25) is 0 Å². The van der Waals surface area contributed by atoms with Crippen molar-refractivity contribution < 1.29 is 0 Å². The van der Waals surface area contributed by atoms with Gasteiger partial charge in [-0.2, -0.15) is 0 Å². The fourth-order valence-electron chi connectivity index (χ4n) is 1.67. The number of nitrogens with zero attached hydrogens (tertiary/aromatic N) is 3. The van der Waals surface area contributed by atoms with Crippen molar-refractivity contribution in [3.05, 3.63) is 17.6 Å². The molecular formula is C13H23N3. The third kappa shape index (κ3) is 3.47. The first-order valence-corrected chi connectivity index (χ1v) is 5.97. The molecule has 0 aliphatic heterocycles. The SMILES string of the molecule is Cc1cc(N(C)CC(C)C)nc(C(C)C)n1. The monoisotopic (exact) mass is 221 g/mol. The molecule has 1 rings (SSSR count). The molecule has 0 aromatic carbocycles. The van der Waals surface area contributed by atoms with Crippen LogP contribution in [0.15, 0.2) is 6.07 Å². The number of hydrogen-bond acceptors (Lipinski definition) is 3. The molecule has 90 valence electrons. The van der Waals surface area contributed by atoms with Crippen LogP contribution in [0.1, 0.15) is 45.1 Å². The third-order valence-electron chi connectivity index (χ3n) is 2.40. The predicted octanol–water partition coefficient (Wildman–Crippen LogP) is 3.00. The Morgan fingerprint density at radius 1 is 1.19 bits per heavy atom. The maximum Gasteiger partial charge on any atom is 0.133 e. The van der Waals surface area contributed by atoms with E-state index in [-0.39, 0.29) is 0 Å². The van der Waals surface area contributed by atoms with E-state index in [1.165, 1.54) is 0 Å². The highest BCUT2D eigenvalue weighted by Gasteiger charge is 2.10. The maximum atomic E-state index is 4.60. The summed E-state index contributed by atoms with van der Waals surface area (Å²) in [7, 11) is 2.09. The van der Waals surface area contributed by atoms with Crippen molar-refractivity contribution in [2.24, 2.45) is 5.92 Å². The average Bonchev–Trinajstić information content (AvgIpc) is 2.15. The molecular weight excluding hydrogens is 198 g/mol. The summed E-state index contributed by atoms with van der Waals surface area (Å²) < 4.78 is 0. The van der Waals surface area contributed by atoms with E-state index in [4.69, 9.17) is 0 Å². The second kappa shape index (κ2) is 5.28. The van der Waals surface area contributed by atoms with Gasteiger partial charge in [0, 0.05) is 31.3 Å². The van der Waals surface area contributed by atoms with Crippen LogP contribution in [-0.2, 0) is 0 Å². The molecule has 0 unspecified atom stereocenters. The van der Waals surface area contributed by atoms with Crippen molar-refractivity contribution in [1.29, 1.82) is 0 Å². The topological polar surface area (TPSA) is 29.0 Å². The van der Waals surface area contributed by atoms with Crippen LogP contribution in [0.25, 0.3) is 0 Å². The van der Waals surface area contributed by atoms with Gasteiger partial charge in [0.1, 0.15) is 11.6 Å². The second-order valence-electron chi connectivity index (χ2n) is 5.15. The largest absolute Gasteiger partial charge is 0.359 e. The quantitative estimate of drug-likeness (QED) is 0.782. The summed E-state index contributed by atoms with van der Waals surface area (Å²) in [4.78, 5) is 11.3. The lowest BCUT2D eigenvalue weighted by atomic mass is 10.2. The molecule has 1 aromatic heterocycles. The van der Waals surface area contributed by atoms with Crippen LogP contribution in [0, 0.1) is 12.8 Å². The van der Waals surface area contributed by atoms with Crippen molar-refractivity contribution in [3.63, 3.8) is 0 Å². The molecule has 0 aliphatic carbocycles. The highest BCUT2D eigenvalue weighted by Crippen LogP contribution is 2.16. The molecule has 1 aromatic rings. The van der Waals surface area contributed by atoms with Gasteiger partial charge in [0.05, 0.1) is 0 Å². The van der Waals surface area contributed by atoms with E-state index in [0.717, 1.165) is 23.9 Å². The zero-order valence-electron chi connectivity index (χ0n) is 11.3. The summed E-state index contributed by atoms with van der Waals surface area (Å²) in [6, 6.07) is 2.05. The zero-order valence-corrected chi connectivity index (χ0v) is 11.3. The Morgan fingerprint density at radius 3 is 2.31 bits per heavy atom. The van der Waals surface area contributed by atoms with Crippen molar-refractivity contribution in [2.45, 2.75) is 40.5 Å². The molecule has 1 heterocycles. The van der Waals surface area contributed by atoms with Gasteiger partial charge in [0.2, 0.25) is 0 Å². The molecule has 0 amide bonds. The molecule has 3 nitrogen and oxygen atoms in total. The van der Waals surface area contributed by atoms with Crippen LogP contribution in [0.5, 0.6) is 0 Å². The minimum atomic E-state index is 0.381. The minimum absolute atomic E-state index is 0.381. The first-order valence-electron chi connectivity index (χ1n) is 5.97. The number of aryl methyl sites for hydroxylation is 1. The van der Waals surface area contributed by atoms with Crippen molar-refractivity contribution in [3.8, 4) is 0 Å². The molecule has 0 fully saturated rings. The van der Waals surface area contributed by atoms with E-state index in [9.17, 15) is 0 Å². The Balaban J connectivity index is 2.95. The second-order valence-corrected chi connectivity index (χ2v) is 5.15. The standard InChI is InChI=1S/C13H23N3/c1-9(2)8-16(6)12-7-11(5)14-13(15-12)10(3)4/h7,9-10H,8H2,1-6H3. The van der Waals surface area contributed by atoms with Gasteiger partial charge in [0.15, 0.2) is 0 Å². The lowest BCUT2D eigenvalue weighted by Crippen LogP contribution is -2.24. The van der Waals surface area contributed by atoms with Crippen LogP contribution in [0.4, 0.5) is 5.82 Å². The number of rotatable bonds is 4. The highest BCUT2D eigenvalue weighted by atomic mass is 15.2. The number of hydrogen-bond donors (Lipinski definition) is 0. The van der Waals surface area contributed by atoms with Crippen molar-refractivity contribution >= 4 is 5.82 Å². The zero-order chi connectivity index (χ0) is 12.3. The third-order valence-corrected chi connectivity index (χ3v) is 2.40. The molecule has 0 N–H and O–H groups in total. The highest BCUT2D eigenvalue weighted by molar-refractivity contribution is 5.39. The molecule has 0 saturated carbocycles. The van der Waals surface area contributed by atoms with E-state index in [0.29, 0.717) is 11.8 Å². The fourth-order valence-corrected chi connectivity index (χ4v) is 1.67. The Kier molecular flexibility index (Phi) is 4.27. The first-order chi connectivity index (χ1) is 7.40. The van der Waals surface area contributed by atoms with Crippen LogP contribution in [0.3, 0.4) is 0 Å². The summed E-state index contributed by atoms with van der Waals surface area (Å²) in [6.45, 7) is 11.7. The van der Waals surface area contributed by atoms with E-state index < -0.39 is 0 Å². The Hall–Kier alpha value is -1.12. The molecule has 0 radical (unpaired) electrons. The van der Waals surface area contributed by atoms with Gasteiger partial charge < -0.3 is 4.90 Å². The van der Waals surface area contributed by atoms with Crippen LogP contribution >= 0.6 is 0 Å². The van der Waals surface area contributed by atoms with Gasteiger partial charge in [0.25, 0.3) is 0 Å². The lowest BCUT2D eigenvalue weighted by Gasteiger charge is -2.21. The molecule has 16 heavy (non-hydrogen) atoms. The van der Waals surface area contributed by atoms with Gasteiger partial charge >= 0.3 is 0 Å². The first kappa shape index (κ1) is 12.9. The summed E-state index contributed by atoms with van der Waals surface area (Å²) in [5.41, 5.74) is 1.05. The Morgan fingerprint density at radius 2 is 1.81 bits per heavy atom. The Labute approximate surface area is 98.9 Å². The van der Waals surface area contributed by atoms with E-state index in [2.05, 4.69) is 49.6 Å². The normalized spacial score (nSPS) is 11.2. The molecule has 0 atom stereocenters. The van der Waals surface area contributed by atoms with Crippen LogP contribution < -0.4 is 4.90 Å². The van der Waals surface area contributed by atoms with Crippen molar-refractivity contribution in [2.75, 3.05) is 18.5 Å². The maximum absolute atomic E-state index is 4.60. The smallest absolute Gasteiger partial charge is 0.133 e. The molecule has 3 heteroatoms. The van der Waals surface area contributed by atoms with E-state index in [1.54, 1.807) is 0 Å². The molecule has 0 spiro atoms. The van der Waals surface area contributed by atoms with Gasteiger partial charge in [-0.1, -0.05) is 27.7 Å². The van der Waals surface area contributed by atoms with E-state index in [1.807, 2.05) is 13.0 Å². The molecule has 0 bridgehead atoms. The summed E-state index contributed by atoms with van der Waals surface area (Å²) in [5.74, 6) is 2.99. The van der Waals surface area contributed by atoms with Gasteiger partial charge in [-0.15, -0.1) is 0 Å². The van der Waals surface area contributed by atoms with Gasteiger partial charge in [-0.3, -0.25) is 0 Å². The van der Waals surface area contributed by atoms with Crippen molar-refractivity contribution in [1.82, 2.24) is 9.97 Å². The Bertz CT molecular complexity index is 345. The van der Waals surface area contributed by atoms with E-state index >= 15 is 0 Å². The number of aromatic nitrogens is 2. The minimum Gasteiger partial charge on any atom is -0.359 e.